The maximum absolute atomic E-state index is 12.9. The number of H-pyrrole nitrogens is 1. The van der Waals surface area contributed by atoms with Gasteiger partial charge in [0.25, 0.3) is 5.56 Å². The summed E-state index contributed by atoms with van der Waals surface area (Å²) >= 11 is 0. The van der Waals surface area contributed by atoms with Crippen LogP contribution in [0.15, 0.2) is 22.8 Å². The van der Waals surface area contributed by atoms with Crippen molar-refractivity contribution in [2.24, 2.45) is 17.5 Å². The number of amides is 1. The number of halogens is 3. The van der Waals surface area contributed by atoms with Crippen molar-refractivity contribution in [3.8, 4) is 0 Å². The predicted molar refractivity (Wildman–Crippen MR) is 91.8 cm³/mol. The number of nitrogens with zero attached hydrogens (tertiary/aromatic N) is 2. The first kappa shape index (κ1) is 20.6. The van der Waals surface area contributed by atoms with Gasteiger partial charge in [-0.05, 0) is 24.8 Å². The molecule has 11 heteroatoms. The molecular weight excluding hydrogens is 367 g/mol. The Morgan fingerprint density at radius 3 is 2.52 bits per heavy atom. The second kappa shape index (κ2) is 7.91. The number of likely N-dealkylation sites (N-methyl/N-ethyl adjacent to an activating group) is 1. The largest absolute Gasteiger partial charge is 0.443 e. The van der Waals surface area contributed by atoms with Gasteiger partial charge < -0.3 is 25.4 Å². The Hall–Kier alpha value is -2.69. The Morgan fingerprint density at radius 2 is 2.00 bits per heavy atom. The van der Waals surface area contributed by atoms with E-state index < -0.39 is 23.4 Å². The lowest BCUT2D eigenvalue weighted by atomic mass is 10.1. The van der Waals surface area contributed by atoms with Gasteiger partial charge in [-0.15, -0.1) is 0 Å². The summed E-state index contributed by atoms with van der Waals surface area (Å²) in [7, 11) is 3.00. The quantitative estimate of drug-likeness (QED) is 0.499. The smallest absolute Gasteiger partial charge is 0.421 e. The molecule has 1 heterocycles. The molecule has 150 valence electrons. The van der Waals surface area contributed by atoms with E-state index in [9.17, 15) is 22.8 Å². The maximum Gasteiger partial charge on any atom is 0.421 e. The van der Waals surface area contributed by atoms with Crippen LogP contribution in [0.1, 0.15) is 24.0 Å². The van der Waals surface area contributed by atoms with Gasteiger partial charge in [-0.2, -0.15) is 13.2 Å². The zero-order chi connectivity index (χ0) is 20.4. The van der Waals surface area contributed by atoms with Crippen molar-refractivity contribution in [2.45, 2.75) is 19.0 Å². The minimum absolute atomic E-state index is 0.0864. The van der Waals surface area contributed by atoms with E-state index in [1.54, 1.807) is 7.05 Å². The fourth-order valence-electron chi connectivity index (χ4n) is 2.39. The van der Waals surface area contributed by atoms with Gasteiger partial charge >= 0.3 is 12.3 Å². The van der Waals surface area contributed by atoms with Crippen molar-refractivity contribution in [3.63, 3.8) is 0 Å². The van der Waals surface area contributed by atoms with Crippen LogP contribution in [0.25, 0.3) is 5.70 Å². The molecule has 0 aliphatic heterocycles. The molecule has 0 bridgehead atoms. The van der Waals surface area contributed by atoms with Crippen molar-refractivity contribution in [1.82, 2.24) is 14.9 Å². The highest BCUT2D eigenvalue weighted by atomic mass is 19.4. The molecule has 8 nitrogen and oxygen atoms in total. The molecule has 1 aromatic rings. The van der Waals surface area contributed by atoms with Gasteiger partial charge in [-0.3, -0.25) is 4.79 Å². The SMILES string of the molecule is CN(CC1CC1)C(=O)OC/C(=C(/N)c1c[nH]c(=O)c(C(F)(F)F)c1)N(C)N. The number of nitrogens with two attached hydrogens (primary N) is 2. The molecule has 1 fully saturated rings. The second-order valence-corrected chi connectivity index (χ2v) is 6.48. The number of carbonyl (C=O) groups is 1. The van der Waals surface area contributed by atoms with Gasteiger partial charge in [0.15, 0.2) is 0 Å². The summed E-state index contributed by atoms with van der Waals surface area (Å²) in [6.07, 6.45) is -2.26. The normalized spacial score (nSPS) is 15.2. The predicted octanol–water partition coefficient (Wildman–Crippen LogP) is 1.30. The van der Waals surface area contributed by atoms with E-state index in [1.165, 1.54) is 11.9 Å². The van der Waals surface area contributed by atoms with E-state index in [0.717, 1.165) is 24.0 Å². The van der Waals surface area contributed by atoms with E-state index in [2.05, 4.69) is 0 Å². The molecule has 0 saturated heterocycles. The Morgan fingerprint density at radius 1 is 1.37 bits per heavy atom. The Bertz CT molecular complexity index is 784. The van der Waals surface area contributed by atoms with Gasteiger partial charge in [0.2, 0.25) is 0 Å². The maximum atomic E-state index is 12.9. The molecule has 0 spiro atoms. The summed E-state index contributed by atoms with van der Waals surface area (Å²) < 4.78 is 43.9. The van der Waals surface area contributed by atoms with E-state index in [1.807, 2.05) is 4.98 Å². The Kier molecular flexibility index (Phi) is 6.04. The summed E-state index contributed by atoms with van der Waals surface area (Å²) in [5, 5.41) is 1.04. The average Bonchev–Trinajstić information content (AvgIpc) is 3.37. The lowest BCUT2D eigenvalue weighted by molar-refractivity contribution is -0.138. The zero-order valence-electron chi connectivity index (χ0n) is 15.0. The summed E-state index contributed by atoms with van der Waals surface area (Å²) in [6.45, 7) is 0.230. The lowest BCUT2D eigenvalue weighted by Crippen LogP contribution is -2.34. The number of aromatic nitrogens is 1. The zero-order valence-corrected chi connectivity index (χ0v) is 15.0. The summed E-state index contributed by atoms with van der Waals surface area (Å²) in [6, 6.07) is 0.624. The summed E-state index contributed by atoms with van der Waals surface area (Å²) in [5.41, 5.74) is 3.08. The number of ether oxygens (including phenoxy) is 1. The first-order valence-electron chi connectivity index (χ1n) is 8.16. The monoisotopic (exact) mass is 389 g/mol. The molecule has 27 heavy (non-hydrogen) atoms. The number of hydrogen-bond donors (Lipinski definition) is 3. The molecule has 1 amide bonds. The molecule has 1 aliphatic rings. The molecule has 2 rings (SSSR count). The van der Waals surface area contributed by atoms with Crippen LogP contribution in [0.5, 0.6) is 0 Å². The van der Waals surface area contributed by atoms with E-state index in [4.69, 9.17) is 16.3 Å². The third-order valence-electron chi connectivity index (χ3n) is 4.13. The Balaban J connectivity index is 2.21. The third-order valence-corrected chi connectivity index (χ3v) is 4.13. The van der Waals surface area contributed by atoms with E-state index in [0.29, 0.717) is 18.5 Å². The third kappa shape index (κ3) is 5.39. The van der Waals surface area contributed by atoms with Crippen LogP contribution in [0.4, 0.5) is 18.0 Å². The van der Waals surface area contributed by atoms with Crippen LogP contribution < -0.4 is 17.1 Å². The van der Waals surface area contributed by atoms with Crippen molar-refractivity contribution < 1.29 is 22.7 Å². The van der Waals surface area contributed by atoms with E-state index in [-0.39, 0.29) is 23.6 Å². The van der Waals surface area contributed by atoms with Crippen molar-refractivity contribution >= 4 is 11.8 Å². The van der Waals surface area contributed by atoms with Gasteiger partial charge in [0.1, 0.15) is 12.2 Å². The molecule has 0 unspecified atom stereocenters. The first-order valence-corrected chi connectivity index (χ1v) is 8.16. The van der Waals surface area contributed by atoms with Crippen molar-refractivity contribution in [3.05, 3.63) is 39.4 Å². The standard InChI is InChI=1S/C16H22F3N5O3/c1-23(7-9-3-4-9)15(26)27-8-12(24(2)21)13(20)10-5-11(16(17,18)19)14(25)22-6-10/h5-6,9H,3-4,7-8,20-21H2,1-2H3,(H,22,25)/b13-12-. The molecule has 5 N–H and O–H groups in total. The second-order valence-electron chi connectivity index (χ2n) is 6.48. The molecule has 0 aromatic carbocycles. The van der Waals surface area contributed by atoms with Gasteiger partial charge in [-0.1, -0.05) is 0 Å². The highest BCUT2D eigenvalue weighted by Gasteiger charge is 2.34. The van der Waals surface area contributed by atoms with Crippen molar-refractivity contribution in [2.75, 3.05) is 27.2 Å². The fraction of sp³-hybridized carbons (Fsp3) is 0.500. The number of hydrogen-bond acceptors (Lipinski definition) is 6. The average molecular weight is 389 g/mol. The molecular formula is C16H22F3N5O3. The van der Waals surface area contributed by atoms with Gasteiger partial charge in [0.05, 0.1) is 11.4 Å². The van der Waals surface area contributed by atoms with Gasteiger partial charge in [0, 0.05) is 32.4 Å². The molecule has 1 saturated carbocycles. The highest BCUT2D eigenvalue weighted by Crippen LogP contribution is 2.30. The van der Waals surface area contributed by atoms with Crippen LogP contribution in [-0.4, -0.2) is 48.2 Å². The summed E-state index contributed by atoms with van der Waals surface area (Å²) in [5.74, 6) is 6.15. The topological polar surface area (TPSA) is 118 Å². The highest BCUT2D eigenvalue weighted by molar-refractivity contribution is 5.69. The number of carbonyl (C=O) groups excluding carboxylic acids is 1. The van der Waals surface area contributed by atoms with Crippen molar-refractivity contribution in [1.29, 1.82) is 0 Å². The molecule has 0 radical (unpaired) electrons. The van der Waals surface area contributed by atoms with Crippen LogP contribution in [0, 0.1) is 5.92 Å². The van der Waals surface area contributed by atoms with Crippen LogP contribution in [0.2, 0.25) is 0 Å². The number of nitrogens with one attached hydrogen (secondary N) is 1. The number of alkyl halides is 3. The van der Waals surface area contributed by atoms with Gasteiger partial charge in [-0.25, -0.2) is 10.6 Å². The lowest BCUT2D eigenvalue weighted by Gasteiger charge is -2.22. The first-order chi connectivity index (χ1) is 12.5. The number of aromatic amines is 1. The minimum atomic E-state index is -4.84. The van der Waals surface area contributed by atoms with Crippen LogP contribution in [0.3, 0.4) is 0 Å². The Labute approximate surface area is 153 Å². The number of rotatable bonds is 6. The molecule has 1 aromatic heterocycles. The molecule has 1 aliphatic carbocycles. The number of hydrazine groups is 1. The minimum Gasteiger partial charge on any atom is -0.443 e. The molecule has 0 atom stereocenters. The van der Waals surface area contributed by atoms with E-state index >= 15 is 0 Å². The fourth-order valence-corrected chi connectivity index (χ4v) is 2.39. The summed E-state index contributed by atoms with van der Waals surface area (Å²) in [4.78, 5) is 26.8. The number of pyridine rings is 1. The van der Waals surface area contributed by atoms with Crippen LogP contribution >= 0.6 is 0 Å². The van der Waals surface area contributed by atoms with Crippen LogP contribution in [-0.2, 0) is 10.9 Å².